The summed E-state index contributed by atoms with van der Waals surface area (Å²) in [6.07, 6.45) is 4.84. The third-order valence-electron chi connectivity index (χ3n) is 5.84. The first-order valence-electron chi connectivity index (χ1n) is 12.1. The van der Waals surface area contributed by atoms with Gasteiger partial charge in [0.1, 0.15) is 4.88 Å². The predicted octanol–water partition coefficient (Wildman–Crippen LogP) is 6.98. The topological polar surface area (TPSA) is 141 Å². The SMILES string of the molecule is C#CCNC(=O)c1ccc(-c2cc(CC(=O)O)c(-c3ccc(-c4sc(-c5ccc(C(=O)O)s5)cc4CC(=O)O)s3)s2)s1. The summed E-state index contributed by atoms with van der Waals surface area (Å²) in [5.41, 5.74) is 1.26. The maximum Gasteiger partial charge on any atom is 0.345 e. The Hall–Kier alpha value is -4.06. The number of carboxylic acid groups (broad SMARTS) is 3. The average molecular weight is 654 g/mol. The van der Waals surface area contributed by atoms with E-state index >= 15 is 0 Å². The van der Waals surface area contributed by atoms with Crippen molar-refractivity contribution in [1.29, 1.82) is 0 Å². The quantitative estimate of drug-likeness (QED) is 0.113. The maximum absolute atomic E-state index is 12.3. The molecule has 5 aromatic rings. The van der Waals surface area contributed by atoms with Crippen LogP contribution in [-0.4, -0.2) is 45.7 Å². The first-order valence-corrected chi connectivity index (χ1v) is 16.2. The molecule has 0 bridgehead atoms. The lowest BCUT2D eigenvalue weighted by atomic mass is 10.1. The van der Waals surface area contributed by atoms with Crippen molar-refractivity contribution >= 4 is 80.5 Å². The fraction of sp³-hybridized carbons (Fsp3) is 0.103. The van der Waals surface area contributed by atoms with Crippen molar-refractivity contribution < 1.29 is 34.5 Å². The van der Waals surface area contributed by atoms with Gasteiger partial charge in [0.05, 0.1) is 24.3 Å². The standard InChI is InChI=1S/C29H19NO7S5/c1-2-9-30-28(35)20-7-3-16(38-20)22-10-14(12-24(31)32)26(41-22)18-5-6-19(40-18)27-15(13-25(33)34)11-23(42-27)17-4-8-21(39-17)29(36)37/h1,3-8,10-11H,9,12-13H2,(H,30,35)(H,31,32)(H,33,34)(H,36,37). The zero-order valence-electron chi connectivity index (χ0n) is 21.3. The van der Waals surface area contributed by atoms with Crippen LogP contribution in [0.15, 0.2) is 48.5 Å². The van der Waals surface area contributed by atoms with Gasteiger partial charge in [-0.05, 0) is 59.7 Å². The average Bonchev–Trinajstić information content (AvgIpc) is 3.74. The number of aromatic carboxylic acids is 1. The predicted molar refractivity (Wildman–Crippen MR) is 168 cm³/mol. The minimum Gasteiger partial charge on any atom is -0.481 e. The molecule has 0 fully saturated rings. The second kappa shape index (κ2) is 12.4. The molecule has 0 atom stereocenters. The van der Waals surface area contributed by atoms with Crippen LogP contribution in [-0.2, 0) is 22.4 Å². The van der Waals surface area contributed by atoms with Crippen LogP contribution in [0.25, 0.3) is 39.0 Å². The van der Waals surface area contributed by atoms with E-state index in [1.54, 1.807) is 18.2 Å². The fourth-order valence-corrected chi connectivity index (χ4v) is 9.67. The number of carbonyl (C=O) groups is 4. The number of amides is 1. The van der Waals surface area contributed by atoms with E-state index in [2.05, 4.69) is 11.2 Å². The summed E-state index contributed by atoms with van der Waals surface area (Å²) >= 11 is 6.68. The lowest BCUT2D eigenvalue weighted by Crippen LogP contribution is -2.22. The number of carbonyl (C=O) groups excluding carboxylic acids is 1. The number of rotatable bonds is 11. The van der Waals surface area contributed by atoms with Crippen LogP contribution in [0.5, 0.6) is 0 Å². The third kappa shape index (κ3) is 6.38. The molecule has 0 saturated heterocycles. The minimum atomic E-state index is -1.02. The van der Waals surface area contributed by atoms with Crippen LogP contribution in [0.4, 0.5) is 0 Å². The number of hydrogen-bond donors (Lipinski definition) is 4. The summed E-state index contributed by atoms with van der Waals surface area (Å²) in [7, 11) is 0. The molecule has 212 valence electrons. The minimum absolute atomic E-state index is 0.120. The molecular formula is C29H19NO7S5. The van der Waals surface area contributed by atoms with Crippen LogP contribution >= 0.6 is 56.7 Å². The van der Waals surface area contributed by atoms with E-state index in [0.29, 0.717) is 16.0 Å². The Morgan fingerprint density at radius 2 is 1.12 bits per heavy atom. The van der Waals surface area contributed by atoms with Crippen LogP contribution in [0.3, 0.4) is 0 Å². The molecule has 0 radical (unpaired) electrons. The Bertz CT molecular complexity index is 1880. The van der Waals surface area contributed by atoms with Crippen LogP contribution < -0.4 is 5.32 Å². The molecule has 5 rings (SSSR count). The first kappa shape index (κ1) is 29.4. The van der Waals surface area contributed by atoms with E-state index in [1.165, 1.54) is 51.4 Å². The van der Waals surface area contributed by atoms with Gasteiger partial charge in [-0.25, -0.2) is 4.79 Å². The highest BCUT2D eigenvalue weighted by atomic mass is 32.1. The van der Waals surface area contributed by atoms with E-state index in [9.17, 15) is 34.5 Å². The monoisotopic (exact) mass is 653 g/mol. The van der Waals surface area contributed by atoms with Gasteiger partial charge in [-0.15, -0.1) is 63.1 Å². The third-order valence-corrected chi connectivity index (χ3v) is 12.2. The van der Waals surface area contributed by atoms with Crippen LogP contribution in [0.1, 0.15) is 30.5 Å². The van der Waals surface area contributed by atoms with Crippen molar-refractivity contribution in [3.8, 4) is 51.4 Å². The molecule has 8 nitrogen and oxygen atoms in total. The number of hydrogen-bond acceptors (Lipinski definition) is 9. The molecule has 0 aliphatic rings. The molecule has 42 heavy (non-hydrogen) atoms. The van der Waals surface area contributed by atoms with Gasteiger partial charge in [-0.2, -0.15) is 0 Å². The summed E-state index contributed by atoms with van der Waals surface area (Å²) in [5, 5.41) is 31.0. The van der Waals surface area contributed by atoms with Gasteiger partial charge in [-0.1, -0.05) is 5.92 Å². The van der Waals surface area contributed by atoms with E-state index in [0.717, 1.165) is 50.4 Å². The van der Waals surface area contributed by atoms with Gasteiger partial charge in [0.2, 0.25) is 0 Å². The van der Waals surface area contributed by atoms with Gasteiger partial charge in [0.25, 0.3) is 5.91 Å². The smallest absolute Gasteiger partial charge is 0.345 e. The zero-order chi connectivity index (χ0) is 30.0. The van der Waals surface area contributed by atoms with Crippen molar-refractivity contribution in [2.24, 2.45) is 0 Å². The molecule has 0 unspecified atom stereocenters. The largest absolute Gasteiger partial charge is 0.481 e. The van der Waals surface area contributed by atoms with E-state index in [1.807, 2.05) is 24.3 Å². The summed E-state index contributed by atoms with van der Waals surface area (Å²) in [4.78, 5) is 54.1. The molecule has 0 spiro atoms. The Labute approximate surface area is 259 Å². The van der Waals surface area contributed by atoms with Crippen molar-refractivity contribution in [2.45, 2.75) is 12.8 Å². The molecule has 0 aromatic carbocycles. The van der Waals surface area contributed by atoms with Crippen molar-refractivity contribution in [3.05, 3.63) is 69.4 Å². The zero-order valence-corrected chi connectivity index (χ0v) is 25.4. The van der Waals surface area contributed by atoms with Crippen LogP contribution in [0.2, 0.25) is 0 Å². The van der Waals surface area contributed by atoms with E-state index in [-0.39, 0.29) is 30.2 Å². The van der Waals surface area contributed by atoms with Gasteiger partial charge in [0.15, 0.2) is 0 Å². The van der Waals surface area contributed by atoms with E-state index < -0.39 is 17.9 Å². The molecule has 0 aliphatic carbocycles. The van der Waals surface area contributed by atoms with Crippen LogP contribution in [0, 0.1) is 12.3 Å². The van der Waals surface area contributed by atoms with E-state index in [4.69, 9.17) is 6.42 Å². The summed E-state index contributed by atoms with van der Waals surface area (Å²) in [6, 6.07) is 14.2. The fourth-order valence-electron chi connectivity index (χ4n) is 4.08. The summed E-state index contributed by atoms with van der Waals surface area (Å²) in [5.74, 6) is -0.879. The Morgan fingerprint density at radius 3 is 1.57 bits per heavy atom. The summed E-state index contributed by atoms with van der Waals surface area (Å²) in [6.45, 7) is 0.120. The Balaban J connectivity index is 1.51. The molecule has 5 aromatic heterocycles. The molecule has 4 N–H and O–H groups in total. The van der Waals surface area contributed by atoms with Gasteiger partial charge in [0, 0.05) is 39.0 Å². The molecule has 1 amide bonds. The number of aliphatic carboxylic acids is 2. The molecule has 5 heterocycles. The van der Waals surface area contributed by atoms with Crippen molar-refractivity contribution in [2.75, 3.05) is 6.54 Å². The lowest BCUT2D eigenvalue weighted by Gasteiger charge is -1.99. The number of terminal acetylenes is 1. The second-order valence-electron chi connectivity index (χ2n) is 8.75. The van der Waals surface area contributed by atoms with Crippen molar-refractivity contribution in [3.63, 3.8) is 0 Å². The number of thiophene rings is 5. The highest BCUT2D eigenvalue weighted by Gasteiger charge is 2.22. The lowest BCUT2D eigenvalue weighted by molar-refractivity contribution is -0.137. The van der Waals surface area contributed by atoms with Gasteiger partial charge in [-0.3, -0.25) is 14.4 Å². The Morgan fingerprint density at radius 1 is 0.643 bits per heavy atom. The highest BCUT2D eigenvalue weighted by molar-refractivity contribution is 7.30. The number of nitrogens with one attached hydrogen (secondary N) is 1. The molecular weight excluding hydrogens is 635 g/mol. The second-order valence-corrected chi connectivity index (χ2v) is 14.1. The number of carboxylic acids is 3. The Kier molecular flexibility index (Phi) is 8.72. The highest BCUT2D eigenvalue weighted by Crippen LogP contribution is 2.48. The maximum atomic E-state index is 12.3. The van der Waals surface area contributed by atoms with Gasteiger partial charge < -0.3 is 20.6 Å². The van der Waals surface area contributed by atoms with Crippen molar-refractivity contribution in [1.82, 2.24) is 5.32 Å². The first-order chi connectivity index (χ1) is 20.1. The summed E-state index contributed by atoms with van der Waals surface area (Å²) < 4.78 is 0. The molecule has 0 aliphatic heterocycles. The van der Waals surface area contributed by atoms with Gasteiger partial charge >= 0.3 is 17.9 Å². The molecule has 0 saturated carbocycles. The normalized spacial score (nSPS) is 10.8. The molecule has 13 heteroatoms.